The van der Waals surface area contributed by atoms with Gasteiger partial charge in [-0.25, -0.2) is 0 Å². The first-order chi connectivity index (χ1) is 30.7. The third-order valence-electron chi connectivity index (χ3n) is 6.19. The highest BCUT2D eigenvalue weighted by atomic mass is 16.5. The van der Waals surface area contributed by atoms with Crippen molar-refractivity contribution in [1.29, 1.82) is 0 Å². The van der Waals surface area contributed by atoms with Crippen molar-refractivity contribution >= 4 is 0 Å². The summed E-state index contributed by atoms with van der Waals surface area (Å²) < 4.78 is 8.50. The lowest BCUT2D eigenvalue weighted by Crippen LogP contribution is -1.85. The van der Waals surface area contributed by atoms with Crippen molar-refractivity contribution in [3.05, 3.63) is 253 Å². The van der Waals surface area contributed by atoms with Crippen LogP contribution < -0.4 is 0 Å². The van der Waals surface area contributed by atoms with Crippen LogP contribution in [0, 0.1) is 0 Å². The first kappa shape index (κ1) is 68.2. The average Bonchev–Trinajstić information content (AvgIpc) is 3.39. The summed E-state index contributed by atoms with van der Waals surface area (Å²) in [5.41, 5.74) is 5.48. The van der Waals surface area contributed by atoms with Gasteiger partial charge in [0, 0.05) is 28.4 Å². The smallest absolute Gasteiger partial charge is 0.0351 e. The second kappa shape index (κ2) is 70.0. The molecule has 342 valence electrons. The van der Waals surface area contributed by atoms with Crippen LogP contribution in [0.5, 0.6) is 0 Å². The first-order valence-corrected chi connectivity index (χ1v) is 22.7. The Kier molecular flexibility index (Phi) is 77.1. The molecular weight excluding hydrogens is 753 g/mol. The fraction of sp³-hybridized carbons (Fsp3) is 0.300. The van der Waals surface area contributed by atoms with E-state index >= 15 is 0 Å². The zero-order valence-corrected chi connectivity index (χ0v) is 42.2. The highest BCUT2D eigenvalue weighted by molar-refractivity contribution is 5.26. The zero-order valence-electron chi connectivity index (χ0n) is 42.2. The van der Waals surface area contributed by atoms with Gasteiger partial charge in [0.2, 0.25) is 0 Å². The minimum Gasteiger partial charge on any atom is -0.388 e. The van der Waals surface area contributed by atoms with E-state index in [0.717, 1.165) is 12.8 Å². The van der Waals surface area contributed by atoms with Crippen molar-refractivity contribution in [3.8, 4) is 0 Å². The molecule has 2 heteroatoms. The Labute approximate surface area is 385 Å². The second-order valence-corrected chi connectivity index (χ2v) is 10.6. The van der Waals surface area contributed by atoms with Crippen molar-refractivity contribution in [2.24, 2.45) is 0 Å². The quantitative estimate of drug-likeness (QED) is 0.176. The third kappa shape index (κ3) is 56.6. The van der Waals surface area contributed by atoms with Crippen LogP contribution in [0.25, 0.3) is 0 Å². The minimum atomic E-state index is 1.03. The number of methoxy groups -OCH3 is 2. The average molecular weight is 843 g/mol. The summed E-state index contributed by atoms with van der Waals surface area (Å²) in [6.07, 6.45) is 2.06. The molecule has 0 fully saturated rings. The van der Waals surface area contributed by atoms with Crippen molar-refractivity contribution in [1.82, 2.24) is 0 Å². The molecule has 0 amide bonds. The summed E-state index contributed by atoms with van der Waals surface area (Å²) in [5.74, 6) is 0. The summed E-state index contributed by atoms with van der Waals surface area (Å²) in [5, 5.41) is 0. The first-order valence-electron chi connectivity index (χ1n) is 22.7. The van der Waals surface area contributed by atoms with Gasteiger partial charge >= 0.3 is 0 Å². The number of hydrogen-bond donors (Lipinski definition) is 0. The van der Waals surface area contributed by atoms with Crippen molar-refractivity contribution in [2.45, 2.75) is 95.9 Å². The molecular formula is C60H90O2. The van der Waals surface area contributed by atoms with E-state index in [1.165, 1.54) is 22.3 Å². The molecule has 0 aliphatic rings. The fourth-order valence-electron chi connectivity index (χ4n) is 4.01. The standard InChI is InChI=1S/2C13H12.3C6H6.2C2H6O.6C2H6/c2*1-3-7-12(8-4-1)11-13-9-5-2-6-10-13;3*1-2-4-6-5-3-1;2*1-3-2;6*1-2/h2*1-10H,11H2;3*1-6H;2*1-2H3;6*1-2H3. The second-order valence-electron chi connectivity index (χ2n) is 10.6. The Morgan fingerprint density at radius 2 is 0.274 bits per heavy atom. The summed E-state index contributed by atoms with van der Waals surface area (Å²) in [6.45, 7) is 24.0. The predicted octanol–water partition coefficient (Wildman–Crippen LogP) is 18.3. The predicted molar refractivity (Wildman–Crippen MR) is 285 cm³/mol. The Bertz CT molecular complexity index is 1270. The van der Waals surface area contributed by atoms with E-state index in [-0.39, 0.29) is 0 Å². The van der Waals surface area contributed by atoms with Crippen LogP contribution in [-0.2, 0) is 22.3 Å². The molecule has 0 aliphatic carbocycles. The molecule has 0 unspecified atom stereocenters. The zero-order chi connectivity index (χ0) is 48.0. The largest absolute Gasteiger partial charge is 0.388 e. The summed E-state index contributed by atoms with van der Waals surface area (Å²) in [4.78, 5) is 0. The van der Waals surface area contributed by atoms with Gasteiger partial charge in [-0.15, -0.1) is 0 Å². The molecule has 0 bridgehead atoms. The molecule has 0 aromatic heterocycles. The van der Waals surface area contributed by atoms with Gasteiger partial charge in [0.05, 0.1) is 0 Å². The molecule has 0 saturated heterocycles. The SMILES string of the molecule is CC.CC.CC.CC.CC.CC.COC.COC.c1ccc(Cc2ccccc2)cc1.c1ccc(Cc2ccccc2)cc1.c1ccccc1.c1ccccc1.c1ccccc1. The fourth-order valence-corrected chi connectivity index (χ4v) is 4.01. The molecule has 0 radical (unpaired) electrons. The van der Waals surface area contributed by atoms with E-state index in [1.807, 2.05) is 192 Å². The van der Waals surface area contributed by atoms with Crippen LogP contribution in [0.4, 0.5) is 0 Å². The van der Waals surface area contributed by atoms with Crippen molar-refractivity contribution in [2.75, 3.05) is 28.4 Å². The molecule has 0 N–H and O–H groups in total. The number of rotatable bonds is 4. The Morgan fingerprint density at radius 3 is 0.371 bits per heavy atom. The van der Waals surface area contributed by atoms with Crippen LogP contribution in [0.3, 0.4) is 0 Å². The van der Waals surface area contributed by atoms with Gasteiger partial charge in [-0.3, -0.25) is 0 Å². The van der Waals surface area contributed by atoms with Gasteiger partial charge in [0.1, 0.15) is 0 Å². The van der Waals surface area contributed by atoms with Gasteiger partial charge in [0.25, 0.3) is 0 Å². The Balaban J connectivity index is -0.000000148. The molecule has 0 aliphatic heterocycles. The lowest BCUT2D eigenvalue weighted by atomic mass is 10.1. The topological polar surface area (TPSA) is 18.5 Å². The van der Waals surface area contributed by atoms with Crippen LogP contribution >= 0.6 is 0 Å². The molecule has 62 heavy (non-hydrogen) atoms. The van der Waals surface area contributed by atoms with Crippen molar-refractivity contribution in [3.63, 3.8) is 0 Å². The summed E-state index contributed by atoms with van der Waals surface area (Å²) in [7, 11) is 6.50. The Hall–Kier alpha value is -5.54. The molecule has 7 aromatic rings. The van der Waals surface area contributed by atoms with E-state index in [9.17, 15) is 0 Å². The molecule has 7 aromatic carbocycles. The van der Waals surface area contributed by atoms with Gasteiger partial charge in [0.15, 0.2) is 0 Å². The maximum atomic E-state index is 4.25. The van der Waals surface area contributed by atoms with E-state index in [2.05, 4.69) is 131 Å². The monoisotopic (exact) mass is 843 g/mol. The highest BCUT2D eigenvalue weighted by Gasteiger charge is 1.93. The van der Waals surface area contributed by atoms with Crippen LogP contribution in [0.2, 0.25) is 0 Å². The van der Waals surface area contributed by atoms with Gasteiger partial charge in [-0.1, -0.05) is 314 Å². The maximum Gasteiger partial charge on any atom is 0.0351 e. The molecule has 7 rings (SSSR count). The van der Waals surface area contributed by atoms with E-state index < -0.39 is 0 Å². The minimum absolute atomic E-state index is 1.03. The molecule has 0 atom stereocenters. The van der Waals surface area contributed by atoms with Gasteiger partial charge in [-0.2, -0.15) is 0 Å². The summed E-state index contributed by atoms with van der Waals surface area (Å²) >= 11 is 0. The van der Waals surface area contributed by atoms with Crippen molar-refractivity contribution < 1.29 is 9.47 Å². The number of benzene rings is 7. The maximum absolute atomic E-state index is 4.25. The van der Waals surface area contributed by atoms with Gasteiger partial charge < -0.3 is 9.47 Å². The van der Waals surface area contributed by atoms with Crippen LogP contribution in [-0.4, -0.2) is 28.4 Å². The Morgan fingerprint density at radius 1 is 0.194 bits per heavy atom. The van der Waals surface area contributed by atoms with Crippen LogP contribution in [0.15, 0.2) is 231 Å². The lowest BCUT2D eigenvalue weighted by molar-refractivity contribution is 0.277. The molecule has 0 spiro atoms. The number of hydrogen-bond acceptors (Lipinski definition) is 2. The van der Waals surface area contributed by atoms with E-state index in [0.29, 0.717) is 0 Å². The highest BCUT2D eigenvalue weighted by Crippen LogP contribution is 2.09. The van der Waals surface area contributed by atoms with E-state index in [4.69, 9.17) is 0 Å². The normalized spacial score (nSPS) is 7.61. The molecule has 0 saturated carbocycles. The number of ether oxygens (including phenoxy) is 2. The third-order valence-corrected chi connectivity index (χ3v) is 6.19. The van der Waals surface area contributed by atoms with E-state index in [1.54, 1.807) is 28.4 Å². The molecule has 2 nitrogen and oxygen atoms in total. The lowest BCUT2D eigenvalue weighted by Gasteiger charge is -2.00. The molecule has 0 heterocycles. The van der Waals surface area contributed by atoms with Crippen LogP contribution in [0.1, 0.15) is 105 Å². The van der Waals surface area contributed by atoms with Gasteiger partial charge in [-0.05, 0) is 35.1 Å². The summed E-state index contributed by atoms with van der Waals surface area (Å²) in [6, 6.07) is 78.1.